The third kappa shape index (κ3) is 2.90. The maximum absolute atomic E-state index is 5.62. The Hall–Kier alpha value is -1.20. The van der Waals surface area contributed by atoms with E-state index >= 15 is 0 Å². The molecule has 1 aromatic rings. The lowest BCUT2D eigenvalue weighted by atomic mass is 10.1. The number of hydrogen-bond acceptors (Lipinski definition) is 5. The molecule has 0 amide bonds. The number of nitrogens with one attached hydrogen (secondary N) is 1. The Kier molecular flexibility index (Phi) is 4.07. The molecular formula is C11H17N3O2. The fraction of sp³-hybridized carbons (Fsp3) is 0.636. The summed E-state index contributed by atoms with van der Waals surface area (Å²) in [5.74, 6) is 1.18. The molecule has 0 aliphatic carbocycles. The summed E-state index contributed by atoms with van der Waals surface area (Å²) < 4.78 is 10.7. The number of methoxy groups -OCH3 is 1. The molecule has 1 aliphatic rings. The van der Waals surface area contributed by atoms with E-state index in [-0.39, 0.29) is 0 Å². The minimum Gasteiger partial charge on any atom is -0.480 e. The van der Waals surface area contributed by atoms with E-state index in [4.69, 9.17) is 9.47 Å². The molecule has 0 bridgehead atoms. The maximum atomic E-state index is 5.62. The van der Waals surface area contributed by atoms with Gasteiger partial charge in [-0.15, -0.1) is 0 Å². The summed E-state index contributed by atoms with van der Waals surface area (Å²) in [5, 5.41) is 3.31. The molecule has 16 heavy (non-hydrogen) atoms. The van der Waals surface area contributed by atoms with Gasteiger partial charge in [-0.1, -0.05) is 0 Å². The van der Waals surface area contributed by atoms with Crippen LogP contribution >= 0.6 is 0 Å². The van der Waals surface area contributed by atoms with Gasteiger partial charge in [0.1, 0.15) is 5.69 Å². The van der Waals surface area contributed by atoms with E-state index in [0.717, 1.165) is 25.4 Å². The third-order valence-corrected chi connectivity index (χ3v) is 2.68. The van der Waals surface area contributed by atoms with Crippen molar-refractivity contribution in [3.8, 4) is 5.88 Å². The number of aromatic nitrogens is 2. The largest absolute Gasteiger partial charge is 0.480 e. The van der Waals surface area contributed by atoms with E-state index in [1.807, 2.05) is 0 Å². The topological polar surface area (TPSA) is 56.3 Å². The summed E-state index contributed by atoms with van der Waals surface area (Å²) in [6.45, 7) is 3.39. The fourth-order valence-electron chi connectivity index (χ4n) is 1.80. The highest BCUT2D eigenvalue weighted by Crippen LogP contribution is 2.13. The van der Waals surface area contributed by atoms with Crippen LogP contribution in [0.1, 0.15) is 12.1 Å². The lowest BCUT2D eigenvalue weighted by molar-refractivity contribution is 0.0882. The quantitative estimate of drug-likeness (QED) is 0.792. The van der Waals surface area contributed by atoms with E-state index in [9.17, 15) is 0 Å². The molecular weight excluding hydrogens is 206 g/mol. The van der Waals surface area contributed by atoms with Gasteiger partial charge in [0, 0.05) is 18.9 Å². The van der Waals surface area contributed by atoms with Crippen molar-refractivity contribution in [1.29, 1.82) is 0 Å². The monoisotopic (exact) mass is 223 g/mol. The molecule has 1 fully saturated rings. The number of rotatable bonds is 5. The Morgan fingerprint density at radius 3 is 3.06 bits per heavy atom. The average molecular weight is 223 g/mol. The van der Waals surface area contributed by atoms with Crippen LogP contribution in [-0.2, 0) is 11.3 Å². The number of hydrogen-bond donors (Lipinski definition) is 1. The van der Waals surface area contributed by atoms with Crippen molar-refractivity contribution in [2.75, 3.05) is 26.8 Å². The highest BCUT2D eigenvalue weighted by molar-refractivity contribution is 5.15. The summed E-state index contributed by atoms with van der Waals surface area (Å²) in [5.41, 5.74) is 0.760. The van der Waals surface area contributed by atoms with Crippen LogP contribution in [0.4, 0.5) is 0 Å². The van der Waals surface area contributed by atoms with Gasteiger partial charge in [0.15, 0.2) is 0 Å². The Morgan fingerprint density at radius 2 is 2.31 bits per heavy atom. The smallest absolute Gasteiger partial charge is 0.237 e. The van der Waals surface area contributed by atoms with Crippen molar-refractivity contribution in [3.05, 3.63) is 18.1 Å². The third-order valence-electron chi connectivity index (χ3n) is 2.68. The van der Waals surface area contributed by atoms with Crippen LogP contribution < -0.4 is 10.1 Å². The molecule has 1 atom stereocenters. The molecule has 2 heterocycles. The first-order chi connectivity index (χ1) is 7.90. The molecule has 1 aromatic heterocycles. The molecule has 0 saturated carbocycles. The molecule has 0 radical (unpaired) electrons. The van der Waals surface area contributed by atoms with Crippen LogP contribution in [0.3, 0.4) is 0 Å². The fourth-order valence-corrected chi connectivity index (χ4v) is 1.80. The SMILES string of the molecule is COc1nccnc1COC[C@@H]1CCNC1. The van der Waals surface area contributed by atoms with Crippen molar-refractivity contribution in [1.82, 2.24) is 15.3 Å². The molecule has 5 nitrogen and oxygen atoms in total. The van der Waals surface area contributed by atoms with Gasteiger partial charge in [0.25, 0.3) is 0 Å². The predicted molar refractivity (Wildman–Crippen MR) is 59.2 cm³/mol. The Bertz CT molecular complexity index is 327. The number of ether oxygens (including phenoxy) is 2. The molecule has 5 heteroatoms. The van der Waals surface area contributed by atoms with Crippen LogP contribution in [0.25, 0.3) is 0 Å². The van der Waals surface area contributed by atoms with Gasteiger partial charge in [0.05, 0.1) is 20.3 Å². The Labute approximate surface area is 95.2 Å². The summed E-state index contributed by atoms with van der Waals surface area (Å²) >= 11 is 0. The van der Waals surface area contributed by atoms with Gasteiger partial charge in [-0.3, -0.25) is 4.98 Å². The van der Waals surface area contributed by atoms with Crippen molar-refractivity contribution < 1.29 is 9.47 Å². The Morgan fingerprint density at radius 1 is 1.44 bits per heavy atom. The first-order valence-electron chi connectivity index (χ1n) is 5.52. The van der Waals surface area contributed by atoms with E-state index in [1.165, 1.54) is 6.42 Å². The lowest BCUT2D eigenvalue weighted by Crippen LogP contribution is -2.14. The molecule has 1 N–H and O–H groups in total. The molecule has 1 saturated heterocycles. The second kappa shape index (κ2) is 5.77. The summed E-state index contributed by atoms with van der Waals surface area (Å²) in [7, 11) is 1.59. The standard InChI is InChI=1S/C11H17N3O2/c1-15-11-10(13-4-5-14-11)8-16-7-9-2-3-12-6-9/h4-5,9,12H,2-3,6-8H2,1H3/t9-/m1/s1. The average Bonchev–Trinajstić information content (AvgIpc) is 2.83. The molecule has 0 spiro atoms. The van der Waals surface area contributed by atoms with Crippen LogP contribution in [0, 0.1) is 5.92 Å². The van der Waals surface area contributed by atoms with Gasteiger partial charge in [-0.25, -0.2) is 4.98 Å². The zero-order valence-electron chi connectivity index (χ0n) is 9.48. The van der Waals surface area contributed by atoms with E-state index in [0.29, 0.717) is 18.4 Å². The highest BCUT2D eigenvalue weighted by atomic mass is 16.5. The molecule has 0 aromatic carbocycles. The summed E-state index contributed by atoms with van der Waals surface area (Å²) in [4.78, 5) is 8.26. The van der Waals surface area contributed by atoms with Crippen molar-refractivity contribution >= 4 is 0 Å². The second-order valence-electron chi connectivity index (χ2n) is 3.89. The van der Waals surface area contributed by atoms with Crippen LogP contribution in [-0.4, -0.2) is 36.8 Å². The number of nitrogens with zero attached hydrogens (tertiary/aromatic N) is 2. The molecule has 0 unspecified atom stereocenters. The van der Waals surface area contributed by atoms with E-state index < -0.39 is 0 Å². The van der Waals surface area contributed by atoms with Crippen LogP contribution in [0.2, 0.25) is 0 Å². The summed E-state index contributed by atoms with van der Waals surface area (Å²) in [6, 6.07) is 0. The minimum absolute atomic E-state index is 0.466. The zero-order chi connectivity index (χ0) is 11.2. The summed E-state index contributed by atoms with van der Waals surface area (Å²) in [6.07, 6.45) is 4.46. The van der Waals surface area contributed by atoms with Gasteiger partial charge in [-0.05, 0) is 18.9 Å². The normalized spacial score (nSPS) is 19.9. The van der Waals surface area contributed by atoms with Crippen molar-refractivity contribution in [2.24, 2.45) is 5.92 Å². The predicted octanol–water partition coefficient (Wildman–Crippen LogP) is 0.611. The minimum atomic E-state index is 0.466. The maximum Gasteiger partial charge on any atom is 0.237 e. The highest BCUT2D eigenvalue weighted by Gasteiger charge is 2.14. The van der Waals surface area contributed by atoms with E-state index in [2.05, 4.69) is 15.3 Å². The van der Waals surface area contributed by atoms with Crippen LogP contribution in [0.5, 0.6) is 5.88 Å². The van der Waals surface area contributed by atoms with Crippen molar-refractivity contribution in [2.45, 2.75) is 13.0 Å². The van der Waals surface area contributed by atoms with Gasteiger partial charge < -0.3 is 14.8 Å². The lowest BCUT2D eigenvalue weighted by Gasteiger charge is -2.10. The van der Waals surface area contributed by atoms with Gasteiger partial charge in [-0.2, -0.15) is 0 Å². The van der Waals surface area contributed by atoms with Gasteiger partial charge in [0.2, 0.25) is 5.88 Å². The molecule has 2 rings (SSSR count). The van der Waals surface area contributed by atoms with E-state index in [1.54, 1.807) is 19.5 Å². The zero-order valence-corrected chi connectivity index (χ0v) is 9.48. The first kappa shape index (κ1) is 11.3. The van der Waals surface area contributed by atoms with Gasteiger partial charge >= 0.3 is 0 Å². The second-order valence-corrected chi connectivity index (χ2v) is 3.89. The van der Waals surface area contributed by atoms with Crippen molar-refractivity contribution in [3.63, 3.8) is 0 Å². The van der Waals surface area contributed by atoms with Crippen LogP contribution in [0.15, 0.2) is 12.4 Å². The molecule has 88 valence electrons. The Balaban J connectivity index is 1.79. The first-order valence-corrected chi connectivity index (χ1v) is 5.52. The molecule has 1 aliphatic heterocycles.